The van der Waals surface area contributed by atoms with Crippen molar-refractivity contribution in [3.63, 3.8) is 0 Å². The van der Waals surface area contributed by atoms with Crippen molar-refractivity contribution < 1.29 is 4.79 Å². The van der Waals surface area contributed by atoms with Crippen LogP contribution in [0.4, 0.5) is 5.69 Å². The predicted molar refractivity (Wildman–Crippen MR) is 86.5 cm³/mol. The van der Waals surface area contributed by atoms with E-state index in [9.17, 15) is 4.79 Å². The van der Waals surface area contributed by atoms with E-state index in [2.05, 4.69) is 58.9 Å². The van der Waals surface area contributed by atoms with E-state index in [4.69, 9.17) is 0 Å². The van der Waals surface area contributed by atoms with Crippen molar-refractivity contribution >= 4 is 12.1 Å². The van der Waals surface area contributed by atoms with Crippen molar-refractivity contribution in [1.82, 2.24) is 10.4 Å². The zero-order valence-electron chi connectivity index (χ0n) is 12.4. The van der Waals surface area contributed by atoms with E-state index in [0.717, 1.165) is 32.5 Å². The number of nitrogens with zero attached hydrogens (tertiary/aromatic N) is 2. The molecule has 0 aliphatic carbocycles. The number of para-hydroxylation sites is 1. The van der Waals surface area contributed by atoms with Crippen LogP contribution < -0.4 is 10.3 Å². The maximum Gasteiger partial charge on any atom is 0.221 e. The largest absolute Gasteiger partial charge is 0.362 e. The highest BCUT2D eigenvalue weighted by atomic mass is 16.1. The number of nitrogens with one attached hydrogen (secondary N) is 1. The first-order valence-electron chi connectivity index (χ1n) is 7.74. The summed E-state index contributed by atoms with van der Waals surface area (Å²) in [6.45, 7) is 2.56. The van der Waals surface area contributed by atoms with Gasteiger partial charge in [0.05, 0.1) is 6.04 Å². The fourth-order valence-corrected chi connectivity index (χ4v) is 3.70. The van der Waals surface area contributed by atoms with E-state index in [-0.39, 0.29) is 6.04 Å². The van der Waals surface area contributed by atoms with E-state index in [0.29, 0.717) is 0 Å². The van der Waals surface area contributed by atoms with Crippen LogP contribution in [0.3, 0.4) is 0 Å². The normalized spacial score (nSPS) is 20.4. The minimum absolute atomic E-state index is 0.279. The van der Waals surface area contributed by atoms with Crippen molar-refractivity contribution in [3.05, 3.63) is 65.2 Å². The highest BCUT2D eigenvalue weighted by Crippen LogP contribution is 2.38. The van der Waals surface area contributed by atoms with Gasteiger partial charge in [0.1, 0.15) is 0 Å². The first-order valence-corrected chi connectivity index (χ1v) is 7.74. The summed E-state index contributed by atoms with van der Waals surface area (Å²) in [7, 11) is 0. The molecule has 0 aromatic heterocycles. The Labute approximate surface area is 130 Å². The van der Waals surface area contributed by atoms with E-state index in [1.54, 1.807) is 0 Å². The Bertz CT molecular complexity index is 700. The number of carbonyl (C=O) groups is 1. The van der Waals surface area contributed by atoms with Gasteiger partial charge in [-0.25, -0.2) is 5.01 Å². The van der Waals surface area contributed by atoms with Gasteiger partial charge in [-0.05, 0) is 29.2 Å². The average Bonchev–Trinajstić information content (AvgIpc) is 2.69. The molecule has 1 saturated heterocycles. The smallest absolute Gasteiger partial charge is 0.221 e. The summed E-state index contributed by atoms with van der Waals surface area (Å²) >= 11 is 0. The van der Waals surface area contributed by atoms with Gasteiger partial charge in [-0.15, -0.1) is 0 Å². The van der Waals surface area contributed by atoms with Crippen molar-refractivity contribution in [2.24, 2.45) is 0 Å². The van der Waals surface area contributed by atoms with E-state index in [1.807, 2.05) is 5.01 Å². The Balaban J connectivity index is 1.81. The van der Waals surface area contributed by atoms with Gasteiger partial charge in [0, 0.05) is 25.3 Å². The third-order valence-electron chi connectivity index (χ3n) is 4.71. The Morgan fingerprint density at radius 2 is 1.77 bits per heavy atom. The molecule has 1 atom stereocenters. The quantitative estimate of drug-likeness (QED) is 0.862. The highest BCUT2D eigenvalue weighted by molar-refractivity contribution is 5.60. The van der Waals surface area contributed by atoms with Gasteiger partial charge in [0.15, 0.2) is 0 Å². The number of amides is 1. The lowest BCUT2D eigenvalue weighted by Crippen LogP contribution is -2.53. The zero-order chi connectivity index (χ0) is 14.9. The lowest BCUT2D eigenvalue weighted by Gasteiger charge is -2.42. The van der Waals surface area contributed by atoms with Gasteiger partial charge in [-0.2, -0.15) is 0 Å². The summed E-state index contributed by atoms with van der Waals surface area (Å²) in [5, 5.41) is 2.01. The molecule has 0 radical (unpaired) electrons. The Morgan fingerprint density at radius 1 is 1.00 bits per heavy atom. The Kier molecular flexibility index (Phi) is 3.31. The van der Waals surface area contributed by atoms with Gasteiger partial charge in [-0.1, -0.05) is 42.5 Å². The second kappa shape index (κ2) is 5.46. The number of rotatable bonds is 2. The minimum Gasteiger partial charge on any atom is -0.362 e. The molecule has 1 fully saturated rings. The number of carbonyl (C=O) groups excluding carboxylic acids is 1. The second-order valence-corrected chi connectivity index (χ2v) is 5.91. The van der Waals surface area contributed by atoms with Crippen molar-refractivity contribution in [1.29, 1.82) is 0 Å². The minimum atomic E-state index is 0.279. The molecule has 2 heterocycles. The monoisotopic (exact) mass is 293 g/mol. The topological polar surface area (TPSA) is 35.6 Å². The van der Waals surface area contributed by atoms with Gasteiger partial charge in [0.25, 0.3) is 0 Å². The molecule has 1 amide bonds. The number of benzene rings is 2. The third-order valence-corrected chi connectivity index (χ3v) is 4.71. The van der Waals surface area contributed by atoms with E-state index < -0.39 is 0 Å². The highest BCUT2D eigenvalue weighted by Gasteiger charge is 2.32. The number of hydrogen-bond donors (Lipinski definition) is 1. The summed E-state index contributed by atoms with van der Waals surface area (Å²) in [5.41, 5.74) is 8.29. The summed E-state index contributed by atoms with van der Waals surface area (Å²) in [6.07, 6.45) is 1.74. The summed E-state index contributed by atoms with van der Waals surface area (Å²) in [5.74, 6) is 0. The first-order chi connectivity index (χ1) is 10.9. The van der Waals surface area contributed by atoms with Crippen LogP contribution >= 0.6 is 0 Å². The van der Waals surface area contributed by atoms with Crippen LogP contribution in [0.15, 0.2) is 48.5 Å². The predicted octanol–water partition coefficient (Wildman–Crippen LogP) is 2.12. The molecule has 1 unspecified atom stereocenters. The van der Waals surface area contributed by atoms with Crippen LogP contribution in [0.5, 0.6) is 0 Å². The van der Waals surface area contributed by atoms with Gasteiger partial charge >= 0.3 is 0 Å². The molecule has 0 bridgehead atoms. The average molecular weight is 293 g/mol. The van der Waals surface area contributed by atoms with Gasteiger partial charge < -0.3 is 4.90 Å². The molecule has 1 N–H and O–H groups in total. The van der Waals surface area contributed by atoms with Crippen LogP contribution in [0.25, 0.3) is 0 Å². The molecule has 112 valence electrons. The van der Waals surface area contributed by atoms with E-state index >= 15 is 0 Å². The fourth-order valence-electron chi connectivity index (χ4n) is 3.70. The van der Waals surface area contributed by atoms with Crippen LogP contribution in [0.2, 0.25) is 0 Å². The van der Waals surface area contributed by atoms with Gasteiger partial charge in [0.2, 0.25) is 6.41 Å². The second-order valence-electron chi connectivity index (χ2n) is 5.91. The zero-order valence-corrected chi connectivity index (χ0v) is 12.4. The number of fused-ring (bicyclic) bond motifs is 5. The summed E-state index contributed by atoms with van der Waals surface area (Å²) < 4.78 is 0. The number of piperazine rings is 1. The molecule has 2 aliphatic rings. The fraction of sp³-hybridized carbons (Fsp3) is 0.278. The SMILES string of the molecule is O=CNN1CCN2c3ccccc3Cc3ccccc3C2C1. The maximum atomic E-state index is 10.8. The molecule has 4 rings (SSSR count). The van der Waals surface area contributed by atoms with Crippen molar-refractivity contribution in [2.75, 3.05) is 24.5 Å². The number of anilines is 1. The molecule has 2 aliphatic heterocycles. The molecule has 2 aromatic carbocycles. The molecule has 4 heteroatoms. The molecular formula is C18H19N3O. The first kappa shape index (κ1) is 13.3. The standard InChI is InChI=1S/C18H19N3O/c22-13-19-20-9-10-21-17-8-4-2-6-15(17)11-14-5-1-3-7-16(14)18(21)12-20/h1-8,13,18H,9-12H2,(H,19,22). The van der Waals surface area contributed by atoms with Crippen LogP contribution in [0, 0.1) is 0 Å². The maximum absolute atomic E-state index is 10.8. The van der Waals surface area contributed by atoms with E-state index in [1.165, 1.54) is 22.4 Å². The number of hydrazine groups is 1. The van der Waals surface area contributed by atoms with Crippen LogP contribution in [-0.2, 0) is 11.2 Å². The van der Waals surface area contributed by atoms with Crippen molar-refractivity contribution in [2.45, 2.75) is 12.5 Å². The molecule has 0 saturated carbocycles. The molecule has 4 nitrogen and oxygen atoms in total. The third kappa shape index (κ3) is 2.16. The van der Waals surface area contributed by atoms with Crippen LogP contribution in [-0.4, -0.2) is 31.1 Å². The molecule has 2 aromatic rings. The lowest BCUT2D eigenvalue weighted by atomic mass is 9.96. The van der Waals surface area contributed by atoms with Gasteiger partial charge in [-0.3, -0.25) is 10.2 Å². The van der Waals surface area contributed by atoms with Crippen molar-refractivity contribution in [3.8, 4) is 0 Å². The molecule has 22 heavy (non-hydrogen) atoms. The Hall–Kier alpha value is -2.33. The summed E-state index contributed by atoms with van der Waals surface area (Å²) in [6, 6.07) is 17.6. The lowest BCUT2D eigenvalue weighted by molar-refractivity contribution is -0.114. The molecule has 0 spiro atoms. The summed E-state index contributed by atoms with van der Waals surface area (Å²) in [4.78, 5) is 13.3. The van der Waals surface area contributed by atoms with Crippen LogP contribution in [0.1, 0.15) is 22.7 Å². The number of hydrogen-bond acceptors (Lipinski definition) is 3. The Morgan fingerprint density at radius 3 is 2.64 bits per heavy atom. The molecular weight excluding hydrogens is 274 g/mol.